The highest BCUT2D eigenvalue weighted by Gasteiger charge is 2.87. The molecule has 6 heteroatoms. The summed E-state index contributed by atoms with van der Waals surface area (Å²) in [7, 11) is 0. The highest BCUT2D eigenvalue weighted by molar-refractivity contribution is 5.79. The van der Waals surface area contributed by atoms with Gasteiger partial charge < -0.3 is 10.4 Å². The first-order chi connectivity index (χ1) is 6.81. The highest BCUT2D eigenvalue weighted by Crippen LogP contribution is 2.75. The third-order valence-corrected chi connectivity index (χ3v) is 3.37. The standard InChI is InChI=1S/C9H11F2NO3/c1-4(13)12-5-2-8(3-5)6(7(14)15)9(8,10)11/h5-6H,2-3H2,1H3,(H,12,13)(H,14,15)/t5?,6-,8?/m1/s1. The van der Waals surface area contributed by atoms with Gasteiger partial charge in [-0.3, -0.25) is 9.59 Å². The lowest BCUT2D eigenvalue weighted by molar-refractivity contribution is -0.141. The van der Waals surface area contributed by atoms with E-state index in [1.165, 1.54) is 6.92 Å². The molecule has 1 atom stereocenters. The van der Waals surface area contributed by atoms with Crippen molar-refractivity contribution in [1.82, 2.24) is 5.32 Å². The summed E-state index contributed by atoms with van der Waals surface area (Å²) >= 11 is 0. The molecule has 0 aliphatic heterocycles. The predicted octanol–water partition coefficient (Wildman–Crippen LogP) is 0.621. The first kappa shape index (κ1) is 10.3. The van der Waals surface area contributed by atoms with Gasteiger partial charge in [0.05, 0.1) is 5.41 Å². The SMILES string of the molecule is CC(=O)NC1CC2(C1)[C@@H](C(=O)O)C2(F)F. The number of hydrogen-bond acceptors (Lipinski definition) is 2. The van der Waals surface area contributed by atoms with E-state index in [1.807, 2.05) is 0 Å². The van der Waals surface area contributed by atoms with E-state index >= 15 is 0 Å². The zero-order valence-corrected chi connectivity index (χ0v) is 8.09. The number of hydrogen-bond donors (Lipinski definition) is 2. The largest absolute Gasteiger partial charge is 0.481 e. The summed E-state index contributed by atoms with van der Waals surface area (Å²) in [5.74, 6) is -6.38. The van der Waals surface area contributed by atoms with Crippen molar-refractivity contribution in [2.24, 2.45) is 11.3 Å². The minimum Gasteiger partial charge on any atom is -0.481 e. The molecule has 84 valence electrons. The third-order valence-electron chi connectivity index (χ3n) is 3.37. The summed E-state index contributed by atoms with van der Waals surface area (Å²) < 4.78 is 26.3. The fourth-order valence-corrected chi connectivity index (χ4v) is 2.62. The van der Waals surface area contributed by atoms with Crippen LogP contribution < -0.4 is 5.32 Å². The van der Waals surface area contributed by atoms with Crippen LogP contribution in [0.1, 0.15) is 19.8 Å². The van der Waals surface area contributed by atoms with Gasteiger partial charge in [0.2, 0.25) is 5.91 Å². The number of carbonyl (C=O) groups is 2. The number of aliphatic carboxylic acids is 1. The Morgan fingerprint density at radius 1 is 1.40 bits per heavy atom. The van der Waals surface area contributed by atoms with E-state index < -0.39 is 23.2 Å². The van der Waals surface area contributed by atoms with E-state index in [-0.39, 0.29) is 24.8 Å². The van der Waals surface area contributed by atoms with E-state index in [2.05, 4.69) is 5.32 Å². The van der Waals surface area contributed by atoms with Crippen LogP contribution in [0.2, 0.25) is 0 Å². The second-order valence-corrected chi connectivity index (χ2v) is 4.36. The number of carboxylic acid groups (broad SMARTS) is 1. The van der Waals surface area contributed by atoms with E-state index in [0.29, 0.717) is 0 Å². The average Bonchev–Trinajstić information content (AvgIpc) is 2.45. The van der Waals surface area contributed by atoms with Gasteiger partial charge in [-0.05, 0) is 12.8 Å². The van der Waals surface area contributed by atoms with Gasteiger partial charge in [0.25, 0.3) is 5.92 Å². The fraction of sp³-hybridized carbons (Fsp3) is 0.778. The molecule has 0 aromatic heterocycles. The van der Waals surface area contributed by atoms with Crippen molar-refractivity contribution in [1.29, 1.82) is 0 Å². The topological polar surface area (TPSA) is 66.4 Å². The maximum atomic E-state index is 13.2. The minimum absolute atomic E-state index is 0.0660. The Kier molecular flexibility index (Phi) is 1.84. The monoisotopic (exact) mass is 219 g/mol. The molecule has 4 nitrogen and oxygen atoms in total. The Balaban J connectivity index is 1.98. The molecule has 0 radical (unpaired) electrons. The molecule has 2 saturated carbocycles. The molecule has 1 spiro atoms. The van der Waals surface area contributed by atoms with Gasteiger partial charge in [0, 0.05) is 13.0 Å². The van der Waals surface area contributed by atoms with Crippen LogP contribution in [0.4, 0.5) is 8.78 Å². The van der Waals surface area contributed by atoms with Crippen LogP contribution in [0, 0.1) is 11.3 Å². The van der Waals surface area contributed by atoms with Crippen LogP contribution in [0.5, 0.6) is 0 Å². The van der Waals surface area contributed by atoms with Crippen molar-refractivity contribution in [3.8, 4) is 0 Å². The summed E-state index contributed by atoms with van der Waals surface area (Å²) in [6.07, 6.45) is 0.132. The van der Waals surface area contributed by atoms with Crippen LogP contribution in [-0.4, -0.2) is 28.9 Å². The second-order valence-electron chi connectivity index (χ2n) is 4.36. The zero-order chi connectivity index (χ0) is 11.4. The highest BCUT2D eigenvalue weighted by atomic mass is 19.3. The van der Waals surface area contributed by atoms with Gasteiger partial charge in [-0.1, -0.05) is 0 Å². The van der Waals surface area contributed by atoms with Gasteiger partial charge in [-0.2, -0.15) is 0 Å². The molecule has 2 fully saturated rings. The maximum Gasteiger partial charge on any atom is 0.313 e. The van der Waals surface area contributed by atoms with Gasteiger partial charge >= 0.3 is 5.97 Å². The molecule has 0 aromatic rings. The first-order valence-corrected chi connectivity index (χ1v) is 4.69. The van der Waals surface area contributed by atoms with E-state index in [9.17, 15) is 18.4 Å². The molecule has 2 N–H and O–H groups in total. The second kappa shape index (κ2) is 2.68. The van der Waals surface area contributed by atoms with Crippen molar-refractivity contribution in [2.45, 2.75) is 31.7 Å². The lowest BCUT2D eigenvalue weighted by atomic mass is 9.74. The average molecular weight is 219 g/mol. The van der Waals surface area contributed by atoms with Gasteiger partial charge in [0.15, 0.2) is 0 Å². The molecule has 2 rings (SSSR count). The molecular weight excluding hydrogens is 208 g/mol. The van der Waals surface area contributed by atoms with Crippen LogP contribution >= 0.6 is 0 Å². The summed E-state index contributed by atoms with van der Waals surface area (Å²) in [6, 6.07) is -0.294. The molecule has 15 heavy (non-hydrogen) atoms. The molecule has 2 aliphatic rings. The summed E-state index contributed by atoms with van der Waals surface area (Å²) in [4.78, 5) is 21.2. The van der Waals surface area contributed by atoms with Crippen molar-refractivity contribution in [3.05, 3.63) is 0 Å². The number of halogens is 2. The van der Waals surface area contributed by atoms with E-state index in [1.54, 1.807) is 0 Å². The predicted molar refractivity (Wildman–Crippen MR) is 45.3 cm³/mol. The van der Waals surface area contributed by atoms with Crippen LogP contribution in [-0.2, 0) is 9.59 Å². The Morgan fingerprint density at radius 3 is 2.27 bits per heavy atom. The number of carboxylic acids is 1. The lowest BCUT2D eigenvalue weighted by Gasteiger charge is -2.36. The van der Waals surface area contributed by atoms with Crippen LogP contribution in [0.15, 0.2) is 0 Å². The first-order valence-electron chi connectivity index (χ1n) is 4.69. The lowest BCUT2D eigenvalue weighted by Crippen LogP contribution is -2.47. The molecule has 0 aromatic carbocycles. The Labute approximate surface area is 84.6 Å². The minimum atomic E-state index is -3.10. The number of carbonyl (C=O) groups excluding carboxylic acids is 1. The quantitative estimate of drug-likeness (QED) is 0.715. The Bertz CT molecular complexity index is 336. The van der Waals surface area contributed by atoms with Gasteiger partial charge in [-0.15, -0.1) is 0 Å². The molecule has 0 heterocycles. The zero-order valence-electron chi connectivity index (χ0n) is 8.09. The van der Waals surface area contributed by atoms with Crippen molar-refractivity contribution in [2.75, 3.05) is 0 Å². The molecule has 0 bridgehead atoms. The molecular formula is C9H11F2NO3. The molecule has 1 amide bonds. The van der Waals surface area contributed by atoms with Crippen LogP contribution in [0.25, 0.3) is 0 Å². The van der Waals surface area contributed by atoms with Crippen molar-refractivity contribution >= 4 is 11.9 Å². The summed E-state index contributed by atoms with van der Waals surface area (Å²) in [5.41, 5.74) is -1.38. The fourth-order valence-electron chi connectivity index (χ4n) is 2.62. The summed E-state index contributed by atoms with van der Waals surface area (Å²) in [6.45, 7) is 1.31. The maximum absolute atomic E-state index is 13.2. The number of rotatable bonds is 2. The van der Waals surface area contributed by atoms with Crippen molar-refractivity contribution in [3.63, 3.8) is 0 Å². The van der Waals surface area contributed by atoms with E-state index in [0.717, 1.165) is 0 Å². The Morgan fingerprint density at radius 2 is 1.93 bits per heavy atom. The van der Waals surface area contributed by atoms with Crippen LogP contribution in [0.3, 0.4) is 0 Å². The van der Waals surface area contributed by atoms with Crippen molar-refractivity contribution < 1.29 is 23.5 Å². The Hall–Kier alpha value is -1.20. The molecule has 0 unspecified atom stereocenters. The van der Waals surface area contributed by atoms with Gasteiger partial charge in [0.1, 0.15) is 5.92 Å². The third kappa shape index (κ3) is 1.16. The summed E-state index contributed by atoms with van der Waals surface area (Å²) in [5, 5.41) is 11.1. The van der Waals surface area contributed by atoms with Gasteiger partial charge in [-0.25, -0.2) is 8.78 Å². The van der Waals surface area contributed by atoms with E-state index in [4.69, 9.17) is 5.11 Å². The molecule has 2 aliphatic carbocycles. The number of amides is 1. The number of alkyl halides is 2. The molecule has 0 saturated heterocycles. The smallest absolute Gasteiger partial charge is 0.313 e. The normalized spacial score (nSPS) is 40.7. The number of nitrogens with one attached hydrogen (secondary N) is 1.